The highest BCUT2D eigenvalue weighted by molar-refractivity contribution is 5.88. The maximum Gasteiger partial charge on any atom is 0.224 e. The Morgan fingerprint density at radius 1 is 1.47 bits per heavy atom. The summed E-state index contributed by atoms with van der Waals surface area (Å²) >= 11 is 0. The first-order chi connectivity index (χ1) is 8.24. The molecule has 0 atom stereocenters. The van der Waals surface area contributed by atoms with Crippen LogP contribution in [0.25, 0.3) is 11.0 Å². The van der Waals surface area contributed by atoms with Gasteiger partial charge in [-0.05, 0) is 19.1 Å². The fraction of sp³-hybridized carbons (Fsp3) is 0.308. The molecule has 4 nitrogen and oxygen atoms in total. The SMILES string of the molecule is CCNC(=O)Cc1coc2cc(OC)ccc12. The van der Waals surface area contributed by atoms with Crippen LogP contribution < -0.4 is 10.1 Å². The number of benzene rings is 1. The van der Waals surface area contributed by atoms with Crippen LogP contribution in [0.1, 0.15) is 12.5 Å². The molecule has 4 heteroatoms. The zero-order chi connectivity index (χ0) is 12.3. The van der Waals surface area contributed by atoms with Gasteiger partial charge in [-0.15, -0.1) is 0 Å². The van der Waals surface area contributed by atoms with Gasteiger partial charge in [0.1, 0.15) is 11.3 Å². The lowest BCUT2D eigenvalue weighted by molar-refractivity contribution is -0.120. The summed E-state index contributed by atoms with van der Waals surface area (Å²) in [7, 11) is 1.61. The Hall–Kier alpha value is -1.97. The van der Waals surface area contributed by atoms with E-state index >= 15 is 0 Å². The van der Waals surface area contributed by atoms with Gasteiger partial charge in [0.2, 0.25) is 5.91 Å². The molecule has 1 aromatic heterocycles. The summed E-state index contributed by atoms with van der Waals surface area (Å²) in [4.78, 5) is 11.5. The van der Waals surface area contributed by atoms with Gasteiger partial charge in [-0.3, -0.25) is 4.79 Å². The van der Waals surface area contributed by atoms with E-state index in [2.05, 4.69) is 5.32 Å². The van der Waals surface area contributed by atoms with Crippen molar-refractivity contribution in [2.75, 3.05) is 13.7 Å². The number of amides is 1. The second kappa shape index (κ2) is 4.91. The Kier molecular flexibility index (Phi) is 3.32. The third-order valence-corrected chi connectivity index (χ3v) is 2.59. The van der Waals surface area contributed by atoms with Crippen LogP contribution in [0, 0.1) is 0 Å². The fourth-order valence-electron chi connectivity index (χ4n) is 1.76. The average molecular weight is 233 g/mol. The van der Waals surface area contributed by atoms with Crippen molar-refractivity contribution in [3.05, 3.63) is 30.0 Å². The lowest BCUT2D eigenvalue weighted by Gasteiger charge is -2.01. The van der Waals surface area contributed by atoms with E-state index in [0.29, 0.717) is 13.0 Å². The average Bonchev–Trinajstić information content (AvgIpc) is 2.72. The zero-order valence-electron chi connectivity index (χ0n) is 9.95. The number of fused-ring (bicyclic) bond motifs is 1. The van der Waals surface area contributed by atoms with E-state index < -0.39 is 0 Å². The maximum absolute atomic E-state index is 11.5. The van der Waals surface area contributed by atoms with Crippen LogP contribution in [0.5, 0.6) is 5.75 Å². The molecule has 2 rings (SSSR count). The fourth-order valence-corrected chi connectivity index (χ4v) is 1.76. The van der Waals surface area contributed by atoms with Crippen molar-refractivity contribution in [2.45, 2.75) is 13.3 Å². The number of methoxy groups -OCH3 is 1. The first-order valence-corrected chi connectivity index (χ1v) is 5.55. The normalized spacial score (nSPS) is 10.5. The van der Waals surface area contributed by atoms with Crippen molar-refractivity contribution in [3.63, 3.8) is 0 Å². The van der Waals surface area contributed by atoms with Crippen LogP contribution in [0.15, 0.2) is 28.9 Å². The third-order valence-electron chi connectivity index (χ3n) is 2.59. The van der Waals surface area contributed by atoms with Gasteiger partial charge in [-0.25, -0.2) is 0 Å². The molecule has 0 unspecified atom stereocenters. The molecule has 0 spiro atoms. The predicted molar refractivity (Wildman–Crippen MR) is 65.2 cm³/mol. The molecule has 1 aromatic carbocycles. The van der Waals surface area contributed by atoms with Crippen LogP contribution >= 0.6 is 0 Å². The monoisotopic (exact) mass is 233 g/mol. The molecule has 90 valence electrons. The molecule has 2 aromatic rings. The number of hydrogen-bond donors (Lipinski definition) is 1. The standard InChI is InChI=1S/C13H15NO3/c1-3-14-13(15)6-9-8-17-12-7-10(16-2)4-5-11(9)12/h4-5,7-8H,3,6H2,1-2H3,(H,14,15). The molecule has 1 N–H and O–H groups in total. The Balaban J connectivity index is 2.27. The topological polar surface area (TPSA) is 51.5 Å². The molecule has 0 aliphatic carbocycles. The Morgan fingerprint density at radius 2 is 2.29 bits per heavy atom. The highest BCUT2D eigenvalue weighted by Crippen LogP contribution is 2.25. The number of furan rings is 1. The minimum atomic E-state index is 0.00557. The highest BCUT2D eigenvalue weighted by atomic mass is 16.5. The van der Waals surface area contributed by atoms with Gasteiger partial charge in [0, 0.05) is 23.6 Å². The van der Waals surface area contributed by atoms with Gasteiger partial charge in [0.25, 0.3) is 0 Å². The molecule has 1 amide bonds. The number of carbonyl (C=O) groups excluding carboxylic acids is 1. The molecule has 0 fully saturated rings. The Labute approximate surface area is 99.6 Å². The summed E-state index contributed by atoms with van der Waals surface area (Å²) in [5, 5.41) is 3.72. The Morgan fingerprint density at radius 3 is 3.00 bits per heavy atom. The zero-order valence-corrected chi connectivity index (χ0v) is 9.95. The minimum Gasteiger partial charge on any atom is -0.497 e. The summed E-state index contributed by atoms with van der Waals surface area (Å²) in [6.07, 6.45) is 1.96. The molecular formula is C13H15NO3. The van der Waals surface area contributed by atoms with Crippen molar-refractivity contribution in [1.29, 1.82) is 0 Å². The van der Waals surface area contributed by atoms with Gasteiger partial charge in [-0.2, -0.15) is 0 Å². The van der Waals surface area contributed by atoms with E-state index in [9.17, 15) is 4.79 Å². The van der Waals surface area contributed by atoms with E-state index in [0.717, 1.165) is 22.3 Å². The first kappa shape index (κ1) is 11.5. The van der Waals surface area contributed by atoms with Crippen LogP contribution in [-0.2, 0) is 11.2 Å². The van der Waals surface area contributed by atoms with Crippen molar-refractivity contribution in [3.8, 4) is 5.75 Å². The molecule has 17 heavy (non-hydrogen) atoms. The lowest BCUT2D eigenvalue weighted by atomic mass is 10.1. The molecular weight excluding hydrogens is 218 g/mol. The van der Waals surface area contributed by atoms with E-state index in [-0.39, 0.29) is 5.91 Å². The molecule has 0 aliphatic heterocycles. The van der Waals surface area contributed by atoms with Crippen molar-refractivity contribution >= 4 is 16.9 Å². The van der Waals surface area contributed by atoms with Gasteiger partial charge in [0.05, 0.1) is 19.8 Å². The molecule has 0 radical (unpaired) electrons. The number of rotatable bonds is 4. The minimum absolute atomic E-state index is 0.00557. The maximum atomic E-state index is 11.5. The van der Waals surface area contributed by atoms with Crippen LogP contribution in [0.3, 0.4) is 0 Å². The molecule has 0 bridgehead atoms. The highest BCUT2D eigenvalue weighted by Gasteiger charge is 2.10. The molecule has 0 saturated heterocycles. The van der Waals surface area contributed by atoms with E-state index in [1.54, 1.807) is 13.4 Å². The largest absolute Gasteiger partial charge is 0.497 e. The molecule has 1 heterocycles. The van der Waals surface area contributed by atoms with Crippen LogP contribution in [-0.4, -0.2) is 19.6 Å². The smallest absolute Gasteiger partial charge is 0.224 e. The Bertz CT molecular complexity index is 530. The molecule has 0 saturated carbocycles. The quantitative estimate of drug-likeness (QED) is 0.880. The number of carbonyl (C=O) groups is 1. The second-order valence-electron chi connectivity index (χ2n) is 3.75. The van der Waals surface area contributed by atoms with Crippen molar-refractivity contribution in [2.24, 2.45) is 0 Å². The first-order valence-electron chi connectivity index (χ1n) is 5.55. The van der Waals surface area contributed by atoms with Gasteiger partial charge >= 0.3 is 0 Å². The third kappa shape index (κ3) is 2.41. The van der Waals surface area contributed by atoms with Crippen molar-refractivity contribution < 1.29 is 13.9 Å². The number of hydrogen-bond acceptors (Lipinski definition) is 3. The van der Waals surface area contributed by atoms with E-state index in [1.165, 1.54) is 0 Å². The predicted octanol–water partition coefficient (Wildman–Crippen LogP) is 2.12. The number of nitrogens with one attached hydrogen (secondary N) is 1. The van der Waals surface area contributed by atoms with Crippen LogP contribution in [0.4, 0.5) is 0 Å². The number of likely N-dealkylation sites (N-methyl/N-ethyl adjacent to an activating group) is 1. The van der Waals surface area contributed by atoms with Crippen LogP contribution in [0.2, 0.25) is 0 Å². The summed E-state index contributed by atoms with van der Waals surface area (Å²) in [5.41, 5.74) is 1.64. The van der Waals surface area contributed by atoms with Gasteiger partial charge in [-0.1, -0.05) is 0 Å². The second-order valence-corrected chi connectivity index (χ2v) is 3.75. The van der Waals surface area contributed by atoms with Crippen molar-refractivity contribution in [1.82, 2.24) is 5.32 Å². The summed E-state index contributed by atoms with van der Waals surface area (Å²) < 4.78 is 10.5. The van der Waals surface area contributed by atoms with E-state index in [1.807, 2.05) is 25.1 Å². The van der Waals surface area contributed by atoms with E-state index in [4.69, 9.17) is 9.15 Å². The molecule has 0 aliphatic rings. The van der Waals surface area contributed by atoms with Gasteiger partial charge in [0.15, 0.2) is 0 Å². The lowest BCUT2D eigenvalue weighted by Crippen LogP contribution is -2.24. The summed E-state index contributed by atoms with van der Waals surface area (Å²) in [6, 6.07) is 5.59. The summed E-state index contributed by atoms with van der Waals surface area (Å²) in [6.45, 7) is 2.54. The summed E-state index contributed by atoms with van der Waals surface area (Å²) in [5.74, 6) is 0.752. The van der Waals surface area contributed by atoms with Gasteiger partial charge < -0.3 is 14.5 Å². The number of ether oxygens (including phenoxy) is 1.